The summed E-state index contributed by atoms with van der Waals surface area (Å²) in [5.41, 5.74) is 8.63. The number of rotatable bonds is 4. The lowest BCUT2D eigenvalue weighted by Crippen LogP contribution is -1.97. The predicted molar refractivity (Wildman–Crippen MR) is 92.4 cm³/mol. The van der Waals surface area contributed by atoms with Gasteiger partial charge in [0.2, 0.25) is 5.89 Å². The zero-order valence-corrected chi connectivity index (χ0v) is 14.1. The predicted octanol–water partition coefficient (Wildman–Crippen LogP) is 3.81. The molecule has 0 atom stereocenters. The number of hydrogen-bond donors (Lipinski definition) is 1. The summed E-state index contributed by atoms with van der Waals surface area (Å²) in [6, 6.07) is 14.0. The average molecular weight is 407 g/mol. The Bertz CT molecular complexity index is 784. The number of anilines is 1. The van der Waals surface area contributed by atoms with Crippen LogP contribution in [0.25, 0.3) is 11.5 Å². The van der Waals surface area contributed by atoms with E-state index < -0.39 is 0 Å². The fourth-order valence-electron chi connectivity index (χ4n) is 1.95. The van der Waals surface area contributed by atoms with Crippen LogP contribution in [0.4, 0.5) is 6.01 Å². The molecule has 0 aliphatic carbocycles. The van der Waals surface area contributed by atoms with Crippen molar-refractivity contribution in [3.05, 3.63) is 57.2 Å². The molecule has 1 aromatic heterocycles. The van der Waals surface area contributed by atoms with Gasteiger partial charge in [-0.1, -0.05) is 34.9 Å². The number of nitrogens with zero attached hydrogens (tertiary/aromatic N) is 2. The first-order valence-electron chi connectivity index (χ1n) is 6.69. The van der Waals surface area contributed by atoms with Gasteiger partial charge in [-0.2, -0.15) is 0 Å². The number of nitrogen functional groups attached to an aromatic ring is 1. The number of hydrogen-bond acceptors (Lipinski definition) is 5. The van der Waals surface area contributed by atoms with Crippen LogP contribution in [0.2, 0.25) is 0 Å². The Morgan fingerprint density at radius 1 is 1.14 bits per heavy atom. The minimum absolute atomic E-state index is 0.0599. The van der Waals surface area contributed by atoms with Crippen molar-refractivity contribution >= 4 is 28.6 Å². The molecule has 5 nitrogen and oxygen atoms in total. The summed E-state index contributed by atoms with van der Waals surface area (Å²) >= 11 is 2.22. The van der Waals surface area contributed by atoms with Gasteiger partial charge in [0.25, 0.3) is 0 Å². The lowest BCUT2D eigenvalue weighted by atomic mass is 10.2. The molecule has 3 aromatic rings. The van der Waals surface area contributed by atoms with Gasteiger partial charge in [-0.05, 0) is 53.3 Å². The van der Waals surface area contributed by atoms with E-state index in [4.69, 9.17) is 14.9 Å². The van der Waals surface area contributed by atoms with Crippen molar-refractivity contribution < 1.29 is 9.15 Å². The van der Waals surface area contributed by atoms with Crippen LogP contribution in [-0.4, -0.2) is 10.2 Å². The molecule has 0 aliphatic rings. The van der Waals surface area contributed by atoms with E-state index >= 15 is 0 Å². The number of aromatic nitrogens is 2. The lowest BCUT2D eigenvalue weighted by Gasteiger charge is -2.09. The second-order valence-corrected chi connectivity index (χ2v) is 6.03. The van der Waals surface area contributed by atoms with E-state index in [-0.39, 0.29) is 6.01 Å². The Morgan fingerprint density at radius 3 is 2.55 bits per heavy atom. The van der Waals surface area contributed by atoms with Crippen LogP contribution in [0.5, 0.6) is 5.75 Å². The van der Waals surface area contributed by atoms with E-state index in [0.29, 0.717) is 12.5 Å². The SMILES string of the molecule is Cc1ccc(COc2ccc(-c3nnc(N)o3)cc2I)cc1. The normalized spacial score (nSPS) is 10.6. The zero-order valence-electron chi connectivity index (χ0n) is 11.9. The Morgan fingerprint density at radius 2 is 1.91 bits per heavy atom. The molecule has 0 fully saturated rings. The monoisotopic (exact) mass is 407 g/mol. The summed E-state index contributed by atoms with van der Waals surface area (Å²) in [6.07, 6.45) is 0. The van der Waals surface area contributed by atoms with E-state index in [9.17, 15) is 0 Å². The fraction of sp³-hybridized carbons (Fsp3) is 0.125. The van der Waals surface area contributed by atoms with Crippen molar-refractivity contribution in [2.45, 2.75) is 13.5 Å². The third kappa shape index (κ3) is 3.38. The number of aryl methyl sites for hydroxylation is 1. The van der Waals surface area contributed by atoms with Gasteiger partial charge in [-0.25, -0.2) is 0 Å². The summed E-state index contributed by atoms with van der Waals surface area (Å²) in [4.78, 5) is 0. The minimum atomic E-state index is 0.0599. The maximum atomic E-state index is 5.86. The van der Waals surface area contributed by atoms with Gasteiger partial charge >= 0.3 is 6.01 Å². The second kappa shape index (κ2) is 6.35. The van der Waals surface area contributed by atoms with Crippen LogP contribution < -0.4 is 10.5 Å². The van der Waals surface area contributed by atoms with Gasteiger partial charge in [0.15, 0.2) is 0 Å². The van der Waals surface area contributed by atoms with E-state index in [2.05, 4.69) is 64.0 Å². The van der Waals surface area contributed by atoms with Gasteiger partial charge in [-0.3, -0.25) is 0 Å². The van der Waals surface area contributed by atoms with Crippen molar-refractivity contribution in [1.82, 2.24) is 10.2 Å². The minimum Gasteiger partial charge on any atom is -0.488 e. The number of benzene rings is 2. The first kappa shape index (κ1) is 14.8. The van der Waals surface area contributed by atoms with Crippen molar-refractivity contribution in [2.24, 2.45) is 0 Å². The van der Waals surface area contributed by atoms with Crippen molar-refractivity contribution in [2.75, 3.05) is 5.73 Å². The maximum Gasteiger partial charge on any atom is 0.313 e. The van der Waals surface area contributed by atoms with Gasteiger partial charge in [0.05, 0.1) is 3.57 Å². The Kier molecular flexibility index (Phi) is 4.28. The summed E-state index contributed by atoms with van der Waals surface area (Å²) in [6.45, 7) is 2.60. The summed E-state index contributed by atoms with van der Waals surface area (Å²) in [7, 11) is 0. The van der Waals surface area contributed by atoms with Crippen LogP contribution in [0.3, 0.4) is 0 Å². The molecule has 3 rings (SSSR count). The average Bonchev–Trinajstić information content (AvgIpc) is 2.94. The molecule has 0 radical (unpaired) electrons. The molecule has 0 spiro atoms. The first-order valence-corrected chi connectivity index (χ1v) is 7.77. The third-order valence-corrected chi connectivity index (χ3v) is 3.98. The summed E-state index contributed by atoms with van der Waals surface area (Å²) in [5, 5.41) is 7.53. The van der Waals surface area contributed by atoms with E-state index in [1.165, 1.54) is 5.56 Å². The Labute approximate surface area is 141 Å². The molecule has 0 aliphatic heterocycles. The molecule has 2 N–H and O–H groups in total. The van der Waals surface area contributed by atoms with Crippen LogP contribution >= 0.6 is 22.6 Å². The van der Waals surface area contributed by atoms with Crippen LogP contribution in [0, 0.1) is 10.5 Å². The van der Waals surface area contributed by atoms with Gasteiger partial charge in [-0.15, -0.1) is 5.10 Å². The van der Waals surface area contributed by atoms with Crippen LogP contribution in [-0.2, 0) is 6.61 Å². The Hall–Kier alpha value is -2.09. The number of halogens is 1. The van der Waals surface area contributed by atoms with E-state index in [0.717, 1.165) is 20.4 Å². The summed E-state index contributed by atoms with van der Waals surface area (Å²) < 4.78 is 12.0. The molecule has 2 aromatic carbocycles. The van der Waals surface area contributed by atoms with E-state index in [1.54, 1.807) is 0 Å². The molecule has 22 heavy (non-hydrogen) atoms. The van der Waals surface area contributed by atoms with Crippen LogP contribution in [0.1, 0.15) is 11.1 Å². The number of nitrogens with two attached hydrogens (primary N) is 1. The second-order valence-electron chi connectivity index (χ2n) is 4.86. The molecular formula is C16H14IN3O2. The summed E-state index contributed by atoms with van der Waals surface area (Å²) in [5.74, 6) is 1.22. The van der Waals surface area contributed by atoms with Gasteiger partial charge < -0.3 is 14.9 Å². The molecule has 0 saturated heterocycles. The van der Waals surface area contributed by atoms with E-state index in [1.807, 2.05) is 18.2 Å². The first-order chi connectivity index (χ1) is 10.6. The molecule has 6 heteroatoms. The molecular weight excluding hydrogens is 393 g/mol. The highest BCUT2D eigenvalue weighted by molar-refractivity contribution is 14.1. The smallest absolute Gasteiger partial charge is 0.313 e. The highest BCUT2D eigenvalue weighted by Crippen LogP contribution is 2.28. The zero-order chi connectivity index (χ0) is 15.5. The van der Waals surface area contributed by atoms with Crippen molar-refractivity contribution in [1.29, 1.82) is 0 Å². The molecule has 112 valence electrons. The molecule has 0 saturated carbocycles. The topological polar surface area (TPSA) is 74.2 Å². The number of ether oxygens (including phenoxy) is 1. The molecule has 1 heterocycles. The molecule has 0 amide bonds. The largest absolute Gasteiger partial charge is 0.488 e. The quantitative estimate of drug-likeness (QED) is 0.666. The third-order valence-electron chi connectivity index (χ3n) is 3.13. The van der Waals surface area contributed by atoms with Gasteiger partial charge in [0.1, 0.15) is 12.4 Å². The Balaban J connectivity index is 1.73. The fourth-order valence-corrected chi connectivity index (χ4v) is 2.62. The lowest BCUT2D eigenvalue weighted by molar-refractivity contribution is 0.304. The van der Waals surface area contributed by atoms with Crippen molar-refractivity contribution in [3.63, 3.8) is 0 Å². The standard InChI is InChI=1S/C16H14IN3O2/c1-10-2-4-11(5-3-10)9-21-14-7-6-12(8-13(14)17)15-19-20-16(18)22-15/h2-8H,9H2,1H3,(H2,18,20). The van der Waals surface area contributed by atoms with Crippen LogP contribution in [0.15, 0.2) is 46.9 Å². The van der Waals surface area contributed by atoms with Crippen molar-refractivity contribution in [3.8, 4) is 17.2 Å². The van der Waals surface area contributed by atoms with Gasteiger partial charge in [0, 0.05) is 5.56 Å². The molecule has 0 unspecified atom stereocenters. The molecule has 0 bridgehead atoms. The highest BCUT2D eigenvalue weighted by Gasteiger charge is 2.09. The highest BCUT2D eigenvalue weighted by atomic mass is 127. The maximum absolute atomic E-state index is 5.86.